The van der Waals surface area contributed by atoms with Crippen LogP contribution in [0, 0.1) is 20.8 Å². The largest absolute Gasteiger partial charge is 0.329 e. The van der Waals surface area contributed by atoms with Crippen LogP contribution in [0.3, 0.4) is 0 Å². The zero-order valence-corrected chi connectivity index (χ0v) is 13.4. The molecule has 2 rings (SSSR count). The zero-order valence-electron chi connectivity index (χ0n) is 13.4. The highest BCUT2D eigenvalue weighted by Crippen LogP contribution is 2.26. The fourth-order valence-corrected chi connectivity index (χ4v) is 3.19. The molecule has 3 heteroatoms. The summed E-state index contributed by atoms with van der Waals surface area (Å²) in [5, 5.41) is 0. The molecule has 0 aliphatic carbocycles. The fourth-order valence-electron chi connectivity index (χ4n) is 3.19. The van der Waals surface area contributed by atoms with Crippen LogP contribution in [0.25, 0.3) is 0 Å². The van der Waals surface area contributed by atoms with E-state index in [9.17, 15) is 0 Å². The van der Waals surface area contributed by atoms with Crippen LogP contribution in [0.2, 0.25) is 0 Å². The third-order valence-corrected chi connectivity index (χ3v) is 4.66. The van der Waals surface area contributed by atoms with Crippen molar-refractivity contribution < 1.29 is 0 Å². The molecule has 1 aromatic carbocycles. The normalized spacial score (nSPS) is 19.9. The Morgan fingerprint density at radius 3 is 2.40 bits per heavy atom. The van der Waals surface area contributed by atoms with Crippen molar-refractivity contribution in [3.63, 3.8) is 0 Å². The lowest BCUT2D eigenvalue weighted by molar-refractivity contribution is 0.207. The van der Waals surface area contributed by atoms with E-state index in [4.69, 9.17) is 5.73 Å². The molecule has 112 valence electrons. The van der Waals surface area contributed by atoms with Crippen LogP contribution in [0.1, 0.15) is 34.7 Å². The maximum Gasteiger partial charge on any atom is 0.0473 e. The Morgan fingerprint density at radius 1 is 1.00 bits per heavy atom. The van der Waals surface area contributed by atoms with Crippen LogP contribution in [0.15, 0.2) is 12.1 Å². The van der Waals surface area contributed by atoms with Gasteiger partial charge in [0.2, 0.25) is 0 Å². The molecule has 0 amide bonds. The summed E-state index contributed by atoms with van der Waals surface area (Å²) in [5.74, 6) is 0. The number of benzene rings is 1. The number of nitrogens with zero attached hydrogens (tertiary/aromatic N) is 2. The van der Waals surface area contributed by atoms with Crippen molar-refractivity contribution in [1.82, 2.24) is 9.80 Å². The van der Waals surface area contributed by atoms with Gasteiger partial charge in [0.25, 0.3) is 0 Å². The number of hydrogen-bond donors (Lipinski definition) is 1. The first-order valence-electron chi connectivity index (χ1n) is 7.73. The molecule has 0 saturated carbocycles. The summed E-state index contributed by atoms with van der Waals surface area (Å²) in [5.41, 5.74) is 11.7. The summed E-state index contributed by atoms with van der Waals surface area (Å²) in [7, 11) is 2.21. The Bertz CT molecular complexity index is 456. The standard InChI is InChI=1S/C17H29N3/c1-13-10-15(3)16(11-14(13)2)17(12-18)20-7-5-6-19(4)8-9-20/h10-11,17H,5-9,12,18H2,1-4H3. The predicted molar refractivity (Wildman–Crippen MR) is 86.1 cm³/mol. The lowest BCUT2D eigenvalue weighted by atomic mass is 9.94. The first-order chi connectivity index (χ1) is 9.52. The quantitative estimate of drug-likeness (QED) is 0.918. The van der Waals surface area contributed by atoms with E-state index in [0.29, 0.717) is 12.6 Å². The van der Waals surface area contributed by atoms with Gasteiger partial charge in [0.15, 0.2) is 0 Å². The van der Waals surface area contributed by atoms with Gasteiger partial charge in [0.05, 0.1) is 0 Å². The van der Waals surface area contributed by atoms with Crippen molar-refractivity contribution in [2.75, 3.05) is 39.8 Å². The van der Waals surface area contributed by atoms with Gasteiger partial charge in [-0.05, 0) is 63.0 Å². The van der Waals surface area contributed by atoms with Gasteiger partial charge < -0.3 is 10.6 Å². The molecule has 2 N–H and O–H groups in total. The molecule has 0 aromatic heterocycles. The number of nitrogens with two attached hydrogens (primary N) is 1. The fraction of sp³-hybridized carbons (Fsp3) is 0.647. The van der Waals surface area contributed by atoms with Crippen LogP contribution in [-0.4, -0.2) is 49.6 Å². The second-order valence-corrected chi connectivity index (χ2v) is 6.24. The van der Waals surface area contributed by atoms with Crippen molar-refractivity contribution in [2.45, 2.75) is 33.2 Å². The van der Waals surface area contributed by atoms with Crippen LogP contribution in [-0.2, 0) is 0 Å². The van der Waals surface area contributed by atoms with Crippen molar-refractivity contribution in [2.24, 2.45) is 5.73 Å². The van der Waals surface area contributed by atoms with Crippen LogP contribution >= 0.6 is 0 Å². The van der Waals surface area contributed by atoms with E-state index in [0.717, 1.165) is 19.6 Å². The Labute approximate surface area is 123 Å². The van der Waals surface area contributed by atoms with Crippen molar-refractivity contribution >= 4 is 0 Å². The van der Waals surface area contributed by atoms with Gasteiger partial charge in [-0.1, -0.05) is 12.1 Å². The maximum absolute atomic E-state index is 6.12. The summed E-state index contributed by atoms with van der Waals surface area (Å²) in [4.78, 5) is 4.99. The Balaban J connectivity index is 2.25. The van der Waals surface area contributed by atoms with E-state index in [1.165, 1.54) is 35.2 Å². The summed E-state index contributed by atoms with van der Waals surface area (Å²) >= 11 is 0. The third kappa shape index (κ3) is 3.40. The number of rotatable bonds is 3. The topological polar surface area (TPSA) is 32.5 Å². The van der Waals surface area contributed by atoms with Gasteiger partial charge in [0, 0.05) is 32.2 Å². The SMILES string of the molecule is Cc1cc(C)c(C(CN)N2CCCN(C)CC2)cc1C. The van der Waals surface area contributed by atoms with Crippen LogP contribution in [0.4, 0.5) is 0 Å². The average molecular weight is 275 g/mol. The van der Waals surface area contributed by atoms with E-state index >= 15 is 0 Å². The zero-order chi connectivity index (χ0) is 14.7. The monoisotopic (exact) mass is 275 g/mol. The van der Waals surface area contributed by atoms with Crippen LogP contribution in [0.5, 0.6) is 0 Å². The van der Waals surface area contributed by atoms with E-state index in [-0.39, 0.29) is 0 Å². The maximum atomic E-state index is 6.12. The molecule has 1 unspecified atom stereocenters. The van der Waals surface area contributed by atoms with E-state index in [2.05, 4.69) is 49.8 Å². The molecule has 0 spiro atoms. The van der Waals surface area contributed by atoms with Crippen molar-refractivity contribution in [3.05, 3.63) is 34.4 Å². The minimum absolute atomic E-state index is 0.362. The molecule has 1 fully saturated rings. The highest BCUT2D eigenvalue weighted by molar-refractivity contribution is 5.38. The van der Waals surface area contributed by atoms with Crippen molar-refractivity contribution in [3.8, 4) is 0 Å². The van der Waals surface area contributed by atoms with E-state index < -0.39 is 0 Å². The molecule has 0 radical (unpaired) electrons. The molecular weight excluding hydrogens is 246 g/mol. The average Bonchev–Trinajstić information content (AvgIpc) is 2.62. The predicted octanol–water partition coefficient (Wildman–Crippen LogP) is 2.25. The summed E-state index contributed by atoms with van der Waals surface area (Å²) in [6.07, 6.45) is 1.23. The number of aryl methyl sites for hydroxylation is 3. The Hall–Kier alpha value is -0.900. The Morgan fingerprint density at radius 2 is 1.70 bits per heavy atom. The number of hydrogen-bond acceptors (Lipinski definition) is 3. The minimum Gasteiger partial charge on any atom is -0.329 e. The molecule has 20 heavy (non-hydrogen) atoms. The first-order valence-corrected chi connectivity index (χ1v) is 7.73. The Kier molecular flexibility index (Phi) is 5.19. The molecule has 1 aliphatic heterocycles. The molecule has 1 atom stereocenters. The minimum atomic E-state index is 0.362. The van der Waals surface area contributed by atoms with Gasteiger partial charge in [-0.2, -0.15) is 0 Å². The molecule has 0 bridgehead atoms. The van der Waals surface area contributed by atoms with E-state index in [1.807, 2.05) is 0 Å². The lowest BCUT2D eigenvalue weighted by Gasteiger charge is -2.31. The van der Waals surface area contributed by atoms with E-state index in [1.54, 1.807) is 0 Å². The highest BCUT2D eigenvalue weighted by atomic mass is 15.2. The summed E-state index contributed by atoms with van der Waals surface area (Å²) < 4.78 is 0. The second-order valence-electron chi connectivity index (χ2n) is 6.24. The van der Waals surface area contributed by atoms with Gasteiger partial charge in [-0.25, -0.2) is 0 Å². The highest BCUT2D eigenvalue weighted by Gasteiger charge is 2.23. The third-order valence-electron chi connectivity index (χ3n) is 4.66. The van der Waals surface area contributed by atoms with Gasteiger partial charge in [-0.15, -0.1) is 0 Å². The molecule has 1 aromatic rings. The molecule has 1 aliphatic rings. The number of likely N-dealkylation sites (N-methyl/N-ethyl adjacent to an activating group) is 1. The summed E-state index contributed by atoms with van der Waals surface area (Å²) in [6, 6.07) is 5.01. The molecule has 1 saturated heterocycles. The molecule has 1 heterocycles. The first kappa shape index (κ1) is 15.5. The van der Waals surface area contributed by atoms with Crippen molar-refractivity contribution in [1.29, 1.82) is 0 Å². The second kappa shape index (κ2) is 6.70. The molecule has 3 nitrogen and oxygen atoms in total. The van der Waals surface area contributed by atoms with Gasteiger partial charge >= 0.3 is 0 Å². The van der Waals surface area contributed by atoms with Gasteiger partial charge in [-0.3, -0.25) is 4.90 Å². The summed E-state index contributed by atoms with van der Waals surface area (Å²) in [6.45, 7) is 11.9. The van der Waals surface area contributed by atoms with Gasteiger partial charge in [0.1, 0.15) is 0 Å². The molecular formula is C17H29N3. The smallest absolute Gasteiger partial charge is 0.0473 e. The lowest BCUT2D eigenvalue weighted by Crippen LogP contribution is -2.37. The van der Waals surface area contributed by atoms with Crippen LogP contribution < -0.4 is 5.73 Å².